The molecule has 1 aromatic heterocycles. The number of nitrogens with zero attached hydrogens (tertiary/aromatic N) is 3. The zero-order valence-corrected chi connectivity index (χ0v) is 20.4. The van der Waals surface area contributed by atoms with Gasteiger partial charge in [-0.25, -0.2) is 8.42 Å². The Morgan fingerprint density at radius 1 is 1.06 bits per heavy atom. The summed E-state index contributed by atoms with van der Waals surface area (Å²) in [7, 11) is -0.157. The first-order valence-corrected chi connectivity index (χ1v) is 11.8. The number of nitro benzene ring substituents is 1. The topological polar surface area (TPSA) is 158 Å². The van der Waals surface area contributed by atoms with Crippen LogP contribution in [0.15, 0.2) is 59.6 Å². The summed E-state index contributed by atoms with van der Waals surface area (Å²) in [6.07, 6.45) is 1.43. The highest BCUT2D eigenvalue weighted by Gasteiger charge is 2.33. The number of carboxylic acids is 1. The molecule has 0 radical (unpaired) electrons. The number of rotatable bonds is 11. The Morgan fingerprint density at radius 3 is 2.25 bits per heavy atom. The second-order valence-corrected chi connectivity index (χ2v) is 9.26. The molecule has 0 bridgehead atoms. The van der Waals surface area contributed by atoms with Gasteiger partial charge in [-0.3, -0.25) is 19.9 Å². The monoisotopic (exact) mass is 517 g/mol. The number of hydrogen-bond acceptors (Lipinski definition) is 9. The van der Waals surface area contributed by atoms with Gasteiger partial charge in [0.25, 0.3) is 15.7 Å². The molecule has 3 aromatic rings. The Labute approximate surface area is 206 Å². The maximum atomic E-state index is 13.3. The molecule has 2 aromatic carbocycles. The summed E-state index contributed by atoms with van der Waals surface area (Å²) in [4.78, 5) is 25.8. The molecule has 0 aliphatic heterocycles. The summed E-state index contributed by atoms with van der Waals surface area (Å²) in [5.74, 6) is -0.282. The van der Waals surface area contributed by atoms with Gasteiger partial charge in [0.05, 0.1) is 31.9 Å². The summed E-state index contributed by atoms with van der Waals surface area (Å²) < 4.78 is 43.3. The van der Waals surface area contributed by atoms with Crippen molar-refractivity contribution >= 4 is 21.7 Å². The molecule has 0 atom stereocenters. The number of pyridine rings is 1. The van der Waals surface area contributed by atoms with E-state index < -0.39 is 38.0 Å². The quantitative estimate of drug-likeness (QED) is 0.296. The molecule has 1 N–H and O–H groups in total. The van der Waals surface area contributed by atoms with Crippen molar-refractivity contribution in [3.05, 3.63) is 70.4 Å². The van der Waals surface area contributed by atoms with Crippen LogP contribution in [0.3, 0.4) is 0 Å². The van der Waals surface area contributed by atoms with Gasteiger partial charge in [-0.2, -0.15) is 4.31 Å². The van der Waals surface area contributed by atoms with E-state index in [2.05, 4.69) is 4.98 Å². The van der Waals surface area contributed by atoms with E-state index in [1.165, 1.54) is 45.7 Å². The van der Waals surface area contributed by atoms with Crippen molar-refractivity contribution in [2.75, 3.05) is 27.9 Å². The largest absolute Gasteiger partial charge is 0.493 e. The third kappa shape index (κ3) is 5.53. The number of aromatic nitrogens is 1. The summed E-state index contributed by atoms with van der Waals surface area (Å²) in [6.45, 7) is -1.28. The van der Waals surface area contributed by atoms with Gasteiger partial charge < -0.3 is 19.3 Å². The molecule has 0 aliphatic carbocycles. The Kier molecular flexibility index (Phi) is 8.07. The van der Waals surface area contributed by atoms with Gasteiger partial charge in [0.15, 0.2) is 16.4 Å². The molecule has 0 fully saturated rings. The fraction of sp³-hybridized carbons (Fsp3) is 0.217. The average Bonchev–Trinajstić information content (AvgIpc) is 2.87. The van der Waals surface area contributed by atoms with Crippen molar-refractivity contribution in [3.8, 4) is 28.5 Å². The van der Waals surface area contributed by atoms with Crippen molar-refractivity contribution < 1.29 is 37.5 Å². The molecule has 190 valence electrons. The summed E-state index contributed by atoms with van der Waals surface area (Å²) in [5, 5.41) is 20.7. The molecule has 0 spiro atoms. The molecule has 36 heavy (non-hydrogen) atoms. The number of benzene rings is 2. The first kappa shape index (κ1) is 26.4. The van der Waals surface area contributed by atoms with E-state index in [0.717, 1.165) is 12.1 Å². The first-order valence-electron chi connectivity index (χ1n) is 10.3. The van der Waals surface area contributed by atoms with E-state index >= 15 is 0 Å². The normalized spacial score (nSPS) is 11.2. The maximum absolute atomic E-state index is 13.3. The van der Waals surface area contributed by atoms with E-state index in [4.69, 9.17) is 14.2 Å². The highest BCUT2D eigenvalue weighted by Crippen LogP contribution is 2.41. The number of aliphatic carboxylic acids is 1. The van der Waals surface area contributed by atoms with Crippen molar-refractivity contribution in [3.63, 3.8) is 0 Å². The van der Waals surface area contributed by atoms with Gasteiger partial charge in [0.2, 0.25) is 5.75 Å². The van der Waals surface area contributed by atoms with Crippen LogP contribution in [0.5, 0.6) is 17.2 Å². The lowest BCUT2D eigenvalue weighted by Crippen LogP contribution is -2.35. The zero-order valence-electron chi connectivity index (χ0n) is 19.6. The Balaban J connectivity index is 2.04. The van der Waals surface area contributed by atoms with E-state index in [1.807, 2.05) is 0 Å². The van der Waals surface area contributed by atoms with Crippen molar-refractivity contribution in [1.82, 2.24) is 9.29 Å². The SMILES string of the molecule is COc1cc(-c2cc(CN(CC(=O)O)S(=O)(=O)c3ccccc3[N+](=O)[O-])ccn2)cc(OC)c1OC. The third-order valence-corrected chi connectivity index (χ3v) is 6.97. The maximum Gasteiger partial charge on any atom is 0.318 e. The minimum absolute atomic E-state index is 0.374. The van der Waals surface area contributed by atoms with Crippen molar-refractivity contribution in [2.45, 2.75) is 11.4 Å². The minimum atomic E-state index is -4.54. The van der Waals surface area contributed by atoms with Crippen molar-refractivity contribution in [1.29, 1.82) is 0 Å². The average molecular weight is 518 g/mol. The Morgan fingerprint density at radius 2 is 1.69 bits per heavy atom. The second-order valence-electron chi connectivity index (χ2n) is 7.36. The molecule has 1 heterocycles. The number of para-hydroxylation sites is 1. The van der Waals surface area contributed by atoms with Crippen LogP contribution in [-0.2, 0) is 21.4 Å². The van der Waals surface area contributed by atoms with Crippen LogP contribution >= 0.6 is 0 Å². The van der Waals surface area contributed by atoms with Gasteiger partial charge >= 0.3 is 5.97 Å². The van der Waals surface area contributed by atoms with Gasteiger partial charge in [-0.05, 0) is 35.9 Å². The lowest BCUT2D eigenvalue weighted by atomic mass is 10.1. The highest BCUT2D eigenvalue weighted by molar-refractivity contribution is 7.89. The predicted molar refractivity (Wildman–Crippen MR) is 128 cm³/mol. The summed E-state index contributed by atoms with van der Waals surface area (Å²) in [6, 6.07) is 11.2. The van der Waals surface area contributed by atoms with E-state index in [9.17, 15) is 28.4 Å². The van der Waals surface area contributed by atoms with Crippen LogP contribution in [0.4, 0.5) is 5.69 Å². The van der Waals surface area contributed by atoms with Crippen LogP contribution < -0.4 is 14.2 Å². The van der Waals surface area contributed by atoms with E-state index in [-0.39, 0.29) is 6.54 Å². The number of hydrogen-bond donors (Lipinski definition) is 1. The van der Waals surface area contributed by atoms with Crippen LogP contribution in [-0.4, -0.2) is 61.6 Å². The fourth-order valence-electron chi connectivity index (χ4n) is 3.51. The Bertz CT molecular complexity index is 1370. The molecule has 0 aliphatic rings. The van der Waals surface area contributed by atoms with Gasteiger partial charge in [0, 0.05) is 24.4 Å². The predicted octanol–water partition coefficient (Wildman–Crippen LogP) is 2.96. The Hall–Kier alpha value is -4.23. The molecule has 0 saturated carbocycles. The molecular weight excluding hydrogens is 494 g/mol. The van der Waals surface area contributed by atoms with Crippen LogP contribution in [0.2, 0.25) is 0 Å². The second kappa shape index (κ2) is 11.0. The third-order valence-electron chi connectivity index (χ3n) is 5.14. The lowest BCUT2D eigenvalue weighted by molar-refractivity contribution is -0.387. The zero-order chi connectivity index (χ0) is 26.5. The summed E-state index contributed by atoms with van der Waals surface area (Å²) >= 11 is 0. The molecule has 3 rings (SSSR count). The molecular formula is C23H23N3O9S. The highest BCUT2D eigenvalue weighted by atomic mass is 32.2. The minimum Gasteiger partial charge on any atom is -0.493 e. The number of nitro groups is 1. The standard InChI is InChI=1S/C23H23N3O9S/c1-33-19-11-16(12-20(34-2)23(19)35-3)17-10-15(8-9-24-17)13-25(14-22(27)28)36(31,32)21-7-5-4-6-18(21)26(29)30/h4-12H,13-14H2,1-3H3,(H,27,28). The molecule has 0 saturated heterocycles. The van der Waals surface area contributed by atoms with E-state index in [0.29, 0.717) is 38.4 Å². The van der Waals surface area contributed by atoms with E-state index in [1.54, 1.807) is 18.2 Å². The fourth-order valence-corrected chi connectivity index (χ4v) is 5.04. The van der Waals surface area contributed by atoms with Crippen LogP contribution in [0, 0.1) is 10.1 Å². The van der Waals surface area contributed by atoms with Gasteiger partial charge in [-0.15, -0.1) is 0 Å². The van der Waals surface area contributed by atoms with Crippen LogP contribution in [0.1, 0.15) is 5.56 Å². The lowest BCUT2D eigenvalue weighted by Gasteiger charge is -2.21. The molecule has 12 nitrogen and oxygen atoms in total. The number of methoxy groups -OCH3 is 3. The van der Waals surface area contributed by atoms with Gasteiger partial charge in [-0.1, -0.05) is 12.1 Å². The molecule has 0 unspecified atom stereocenters. The number of carboxylic acid groups (broad SMARTS) is 1. The molecule has 0 amide bonds. The van der Waals surface area contributed by atoms with Crippen molar-refractivity contribution in [2.24, 2.45) is 0 Å². The number of sulfonamides is 1. The first-order chi connectivity index (χ1) is 17.1. The van der Waals surface area contributed by atoms with Gasteiger partial charge in [0.1, 0.15) is 6.54 Å². The number of carbonyl (C=O) groups is 1. The number of ether oxygens (including phenoxy) is 3. The smallest absolute Gasteiger partial charge is 0.318 e. The van der Waals surface area contributed by atoms with Crippen LogP contribution in [0.25, 0.3) is 11.3 Å². The summed E-state index contributed by atoms with van der Waals surface area (Å²) in [5.41, 5.74) is 0.737. The molecule has 13 heteroatoms.